The van der Waals surface area contributed by atoms with E-state index in [2.05, 4.69) is 19.1 Å². The minimum Gasteiger partial charge on any atom is -0.507 e. The Hall–Kier alpha value is -4.80. The van der Waals surface area contributed by atoms with E-state index in [-0.39, 0.29) is 42.1 Å². The number of aliphatic carboxylic acids is 3. The molecule has 0 spiro atoms. The van der Waals surface area contributed by atoms with Crippen molar-refractivity contribution in [3.8, 4) is 17.2 Å². The molecular weight excluding hydrogens is 929 g/mol. The highest BCUT2D eigenvalue weighted by Crippen LogP contribution is 2.31. The third-order valence-electron chi connectivity index (χ3n) is 12.3. The van der Waals surface area contributed by atoms with Gasteiger partial charge in [-0.15, -0.1) is 0 Å². The molecule has 0 saturated heterocycles. The molecule has 0 amide bonds. The Balaban J connectivity index is 0. The zero-order valence-corrected chi connectivity index (χ0v) is 45.2. The van der Waals surface area contributed by atoms with E-state index >= 15 is 0 Å². The third-order valence-corrected chi connectivity index (χ3v) is 12.5. The average molecular weight is 1020 g/mol. The summed E-state index contributed by atoms with van der Waals surface area (Å²) in [6.45, 7) is 17.2. The van der Waals surface area contributed by atoms with Crippen LogP contribution >= 0.6 is 12.2 Å². The summed E-state index contributed by atoms with van der Waals surface area (Å²) in [4.78, 5) is 31.7. The van der Waals surface area contributed by atoms with Gasteiger partial charge in [-0.3, -0.25) is 14.4 Å². The molecule has 3 atom stereocenters. The second-order valence-corrected chi connectivity index (χ2v) is 19.6. The van der Waals surface area contributed by atoms with Crippen molar-refractivity contribution in [1.29, 1.82) is 0 Å². The van der Waals surface area contributed by atoms with E-state index in [0.29, 0.717) is 23.7 Å². The van der Waals surface area contributed by atoms with E-state index in [0.717, 1.165) is 56.5 Å². The quantitative estimate of drug-likeness (QED) is 0.0264. The molecule has 3 unspecified atom stereocenters. The van der Waals surface area contributed by atoms with E-state index < -0.39 is 49.8 Å². The number of aromatic hydroxyl groups is 3. The Morgan fingerprint density at radius 2 is 0.648 bits per heavy atom. The fourth-order valence-electron chi connectivity index (χ4n) is 7.38. The molecule has 0 aliphatic heterocycles. The maximum absolute atomic E-state index is 10.6. The molecule has 3 aromatic carbocycles. The molecular formula is C56H90O14S. The van der Waals surface area contributed by atoms with Gasteiger partial charge in [0.25, 0.3) is 0 Å². The first-order valence-electron chi connectivity index (χ1n) is 25.0. The van der Waals surface area contributed by atoms with Crippen molar-refractivity contribution in [2.45, 2.75) is 190 Å². The number of phenols is 3. The predicted molar refractivity (Wildman–Crippen MR) is 286 cm³/mol. The number of unbranched alkanes of at least 4 members (excludes halogenated alkanes) is 11. The Labute approximate surface area is 429 Å². The molecule has 14 nitrogen and oxygen atoms in total. The molecule has 0 aromatic heterocycles. The van der Waals surface area contributed by atoms with Crippen LogP contribution in [-0.2, 0) is 14.4 Å². The number of carboxylic acid groups (broad SMARTS) is 3. The molecule has 0 fully saturated rings. The van der Waals surface area contributed by atoms with Crippen LogP contribution < -0.4 is 0 Å². The summed E-state index contributed by atoms with van der Waals surface area (Å²) in [6.07, 6.45) is 17.3. The number of hydrogen-bond donors (Lipinski definition) is 11. The van der Waals surface area contributed by atoms with Crippen molar-refractivity contribution in [3.63, 3.8) is 0 Å². The smallest absolute Gasteiger partial charge is 0.303 e. The van der Waals surface area contributed by atoms with Gasteiger partial charge >= 0.3 is 17.9 Å². The molecule has 3 rings (SSSR count). The van der Waals surface area contributed by atoms with E-state index in [1.165, 1.54) is 70.6 Å². The van der Waals surface area contributed by atoms with Gasteiger partial charge in [-0.25, -0.2) is 0 Å². The van der Waals surface area contributed by atoms with E-state index in [9.17, 15) is 29.7 Å². The number of hydrogen-bond acceptors (Lipinski definition) is 11. The second-order valence-electron chi connectivity index (χ2n) is 19.2. The lowest BCUT2D eigenvalue weighted by Crippen LogP contribution is -2.37. The van der Waals surface area contributed by atoms with Crippen LogP contribution in [0.2, 0.25) is 0 Å². The number of rotatable bonds is 26. The topological polar surface area (TPSA) is 274 Å². The number of benzene rings is 3. The summed E-state index contributed by atoms with van der Waals surface area (Å²) >= 11 is 4.63. The number of thiocarbonyl (C=S) groups is 1. The fraction of sp³-hybridized carbons (Fsp3) is 0.607. The summed E-state index contributed by atoms with van der Waals surface area (Å²) in [5.41, 5.74) is 6.54. The van der Waals surface area contributed by atoms with Crippen molar-refractivity contribution in [1.82, 2.24) is 0 Å². The maximum atomic E-state index is 10.6. The summed E-state index contributed by atoms with van der Waals surface area (Å²) in [5.74, 6) is -1.60. The van der Waals surface area contributed by atoms with Crippen LogP contribution in [0.1, 0.15) is 198 Å². The molecule has 15 heteroatoms. The lowest BCUT2D eigenvalue weighted by atomic mass is 9.93. The monoisotopic (exact) mass is 1020 g/mol. The lowest BCUT2D eigenvalue weighted by molar-refractivity contribution is -0.138. The van der Waals surface area contributed by atoms with Crippen LogP contribution in [0.25, 0.3) is 0 Å². The minimum atomic E-state index is -1.11. The van der Waals surface area contributed by atoms with Gasteiger partial charge in [0.15, 0.2) is 5.05 Å². The van der Waals surface area contributed by atoms with Gasteiger partial charge in [-0.05, 0) is 128 Å². The van der Waals surface area contributed by atoms with Gasteiger partial charge in [0, 0.05) is 6.42 Å². The first-order chi connectivity index (χ1) is 33.3. The molecule has 0 bridgehead atoms. The molecule has 71 heavy (non-hydrogen) atoms. The Kier molecular flexibility index (Phi) is 36.5. The molecule has 0 heterocycles. The number of aliphatic hydroxyl groups is 5. The Morgan fingerprint density at radius 1 is 0.437 bits per heavy atom. The minimum absolute atomic E-state index is 0.0273. The van der Waals surface area contributed by atoms with Gasteiger partial charge in [0.1, 0.15) is 17.2 Å². The highest BCUT2D eigenvalue weighted by Gasteiger charge is 2.26. The highest BCUT2D eigenvalue weighted by molar-refractivity contribution is 7.80. The molecule has 11 N–H and O–H groups in total. The number of carboxylic acids is 3. The SMILES string of the molecule is CCCCCCCCCCCCCCC(O)=S.Cc1cc(C(C)CC(=O)O)cc(C)c1O.Cc1cc(C(C)CC(=O)O)cc(C)c1O.Cc1cc(C(C)CC(=O)O)cc(C)c1O.OCC(CO)(CO)CO. The van der Waals surface area contributed by atoms with Crippen LogP contribution in [0.15, 0.2) is 36.4 Å². The van der Waals surface area contributed by atoms with Gasteiger partial charge in [-0.1, -0.05) is 135 Å². The number of carbonyl (C=O) groups is 3. The summed E-state index contributed by atoms with van der Waals surface area (Å²) < 4.78 is 0. The number of phenolic OH excluding ortho intramolecular Hbond substituents is 3. The number of aryl methyl sites for hydroxylation is 6. The van der Waals surface area contributed by atoms with Crippen molar-refractivity contribution in [2.24, 2.45) is 5.41 Å². The standard InChI is InChI=1S/C15H30OS.3C12H16O3.C5H12O4/c1-2-3-4-5-6-7-8-9-10-11-12-13-14-15(16)17;3*1-7(6-11(13)14)10-4-8(2)12(15)9(3)5-10;6-1-5(2-7,3-8)4-9/h2-14H2,1H3,(H,16,17);3*4-5,7,15H,6H2,1-3H3,(H,13,14);6-9H,1-4H2. The highest BCUT2D eigenvalue weighted by atomic mass is 32.1. The zero-order valence-electron chi connectivity index (χ0n) is 44.4. The average Bonchev–Trinajstić information content (AvgIpc) is 3.30. The van der Waals surface area contributed by atoms with Crippen molar-refractivity contribution < 1.29 is 70.6 Å². The maximum Gasteiger partial charge on any atom is 0.303 e. The Bertz CT molecular complexity index is 1750. The summed E-state index contributed by atoms with van der Waals surface area (Å²) in [6, 6.07) is 11.1. The van der Waals surface area contributed by atoms with Crippen LogP contribution in [0.4, 0.5) is 0 Å². The van der Waals surface area contributed by atoms with E-state index in [1.54, 1.807) is 0 Å². The predicted octanol–water partition coefficient (Wildman–Crippen LogP) is 11.7. The second kappa shape index (κ2) is 37.9. The largest absolute Gasteiger partial charge is 0.507 e. The first-order valence-corrected chi connectivity index (χ1v) is 25.4. The van der Waals surface area contributed by atoms with Gasteiger partial charge in [0.05, 0.1) is 51.1 Å². The molecule has 3 aromatic rings. The van der Waals surface area contributed by atoms with Gasteiger partial charge in [0.2, 0.25) is 0 Å². The van der Waals surface area contributed by atoms with Crippen LogP contribution in [0.5, 0.6) is 17.2 Å². The fourth-order valence-corrected chi connectivity index (χ4v) is 7.52. The van der Waals surface area contributed by atoms with Gasteiger partial charge in [-0.2, -0.15) is 0 Å². The van der Waals surface area contributed by atoms with Crippen molar-refractivity contribution >= 4 is 35.2 Å². The van der Waals surface area contributed by atoms with E-state index in [1.807, 2.05) is 98.7 Å². The molecule has 404 valence electrons. The molecule has 0 radical (unpaired) electrons. The molecule has 0 aliphatic rings. The van der Waals surface area contributed by atoms with Crippen LogP contribution in [-0.4, -0.2) is 106 Å². The summed E-state index contributed by atoms with van der Waals surface area (Å²) in [7, 11) is 0. The van der Waals surface area contributed by atoms with Crippen LogP contribution in [0.3, 0.4) is 0 Å². The third kappa shape index (κ3) is 30.0. The van der Waals surface area contributed by atoms with Crippen molar-refractivity contribution in [2.75, 3.05) is 26.4 Å². The zero-order chi connectivity index (χ0) is 54.9. The lowest BCUT2D eigenvalue weighted by Gasteiger charge is -2.23. The molecule has 0 aliphatic carbocycles. The molecule has 0 saturated carbocycles. The first kappa shape index (κ1) is 68.3. The van der Waals surface area contributed by atoms with Crippen molar-refractivity contribution in [3.05, 3.63) is 86.5 Å². The number of aliphatic hydroxyl groups excluding tert-OH is 5. The van der Waals surface area contributed by atoms with Crippen LogP contribution in [0, 0.1) is 47.0 Å². The summed E-state index contributed by atoms with van der Waals surface area (Å²) in [5, 5.41) is 97.8. The normalized spacial score (nSPS) is 12.0. The van der Waals surface area contributed by atoms with Gasteiger partial charge < -0.3 is 56.2 Å². The van der Waals surface area contributed by atoms with E-state index in [4.69, 9.17) is 40.9 Å². The Morgan fingerprint density at radius 3 is 0.817 bits per heavy atom.